The predicted molar refractivity (Wildman–Crippen MR) is 81.2 cm³/mol. The van der Waals surface area contributed by atoms with Crippen molar-refractivity contribution in [3.8, 4) is 11.3 Å². The van der Waals surface area contributed by atoms with Crippen LogP contribution in [0.1, 0.15) is 12.5 Å². The molecular formula is C15H15F3N4O2. The SMILES string of the molecule is CC(CO)NC(=O)Nc1cnc(-c2cccc(C(F)(F)F)c2)cn1. The smallest absolute Gasteiger partial charge is 0.394 e. The number of alkyl halides is 3. The molecule has 1 heterocycles. The number of urea groups is 1. The van der Waals surface area contributed by atoms with E-state index in [1.54, 1.807) is 6.92 Å². The molecule has 0 radical (unpaired) electrons. The molecule has 0 aliphatic heterocycles. The first kappa shape index (κ1) is 17.7. The fourth-order valence-corrected chi connectivity index (χ4v) is 1.82. The number of rotatable bonds is 4. The minimum Gasteiger partial charge on any atom is -0.394 e. The molecule has 2 amide bonds. The van der Waals surface area contributed by atoms with Crippen molar-refractivity contribution in [3.63, 3.8) is 0 Å². The molecule has 128 valence electrons. The lowest BCUT2D eigenvalue weighted by Crippen LogP contribution is -2.38. The van der Waals surface area contributed by atoms with E-state index in [1.807, 2.05) is 0 Å². The maximum absolute atomic E-state index is 12.7. The van der Waals surface area contributed by atoms with Crippen LogP contribution in [-0.4, -0.2) is 33.8 Å². The molecule has 1 unspecified atom stereocenters. The summed E-state index contributed by atoms with van der Waals surface area (Å²) in [6.45, 7) is 1.40. The molecule has 0 fully saturated rings. The highest BCUT2D eigenvalue weighted by molar-refractivity contribution is 5.88. The average Bonchev–Trinajstić information content (AvgIpc) is 2.54. The molecule has 24 heavy (non-hydrogen) atoms. The van der Waals surface area contributed by atoms with Crippen molar-refractivity contribution in [1.82, 2.24) is 15.3 Å². The number of anilines is 1. The molecular weight excluding hydrogens is 325 g/mol. The van der Waals surface area contributed by atoms with Gasteiger partial charge in [-0.2, -0.15) is 13.2 Å². The monoisotopic (exact) mass is 340 g/mol. The molecule has 9 heteroatoms. The van der Waals surface area contributed by atoms with Crippen LogP contribution >= 0.6 is 0 Å². The Hall–Kier alpha value is -2.68. The van der Waals surface area contributed by atoms with Gasteiger partial charge in [-0.25, -0.2) is 9.78 Å². The Morgan fingerprint density at radius 2 is 2.04 bits per heavy atom. The molecule has 0 saturated carbocycles. The first-order valence-electron chi connectivity index (χ1n) is 6.97. The van der Waals surface area contributed by atoms with Crippen molar-refractivity contribution in [3.05, 3.63) is 42.2 Å². The number of hydrogen-bond donors (Lipinski definition) is 3. The number of nitrogens with one attached hydrogen (secondary N) is 2. The van der Waals surface area contributed by atoms with Gasteiger partial charge in [0, 0.05) is 5.56 Å². The Kier molecular flexibility index (Phi) is 5.35. The summed E-state index contributed by atoms with van der Waals surface area (Å²) >= 11 is 0. The second-order valence-electron chi connectivity index (χ2n) is 5.05. The van der Waals surface area contributed by atoms with Crippen molar-refractivity contribution < 1.29 is 23.1 Å². The zero-order valence-corrected chi connectivity index (χ0v) is 12.6. The maximum Gasteiger partial charge on any atom is 0.416 e. The number of carbonyl (C=O) groups excluding carboxylic acids is 1. The highest BCUT2D eigenvalue weighted by Crippen LogP contribution is 2.31. The summed E-state index contributed by atoms with van der Waals surface area (Å²) < 4.78 is 38.1. The second kappa shape index (κ2) is 7.26. The molecule has 0 spiro atoms. The number of benzene rings is 1. The summed E-state index contributed by atoms with van der Waals surface area (Å²) in [6, 6.07) is 3.73. The van der Waals surface area contributed by atoms with E-state index in [0.29, 0.717) is 0 Å². The zero-order chi connectivity index (χ0) is 17.7. The van der Waals surface area contributed by atoms with E-state index in [1.165, 1.54) is 24.5 Å². The summed E-state index contributed by atoms with van der Waals surface area (Å²) in [5.41, 5.74) is -0.264. The average molecular weight is 340 g/mol. The minimum atomic E-state index is -4.44. The van der Waals surface area contributed by atoms with Gasteiger partial charge in [-0.05, 0) is 19.1 Å². The first-order chi connectivity index (χ1) is 11.3. The summed E-state index contributed by atoms with van der Waals surface area (Å²) in [5, 5.41) is 13.7. The molecule has 0 bridgehead atoms. The number of hydrogen-bond acceptors (Lipinski definition) is 4. The van der Waals surface area contributed by atoms with Gasteiger partial charge in [-0.15, -0.1) is 0 Å². The van der Waals surface area contributed by atoms with Crippen LogP contribution in [0.3, 0.4) is 0 Å². The van der Waals surface area contributed by atoms with E-state index in [0.717, 1.165) is 12.1 Å². The third-order valence-electron chi connectivity index (χ3n) is 3.03. The molecule has 0 aliphatic rings. The standard InChI is InChI=1S/C15H15F3N4O2/c1-9(8-23)21-14(24)22-13-7-19-12(6-20-13)10-3-2-4-11(5-10)15(16,17)18/h2-7,9,23H,8H2,1H3,(H2,20,21,22,24). The van der Waals surface area contributed by atoms with E-state index in [9.17, 15) is 18.0 Å². The van der Waals surface area contributed by atoms with Gasteiger partial charge in [-0.1, -0.05) is 12.1 Å². The largest absolute Gasteiger partial charge is 0.416 e. The third kappa shape index (κ3) is 4.66. The van der Waals surface area contributed by atoms with Gasteiger partial charge in [-0.3, -0.25) is 10.3 Å². The number of halogens is 3. The number of aliphatic hydroxyl groups excluding tert-OH is 1. The summed E-state index contributed by atoms with van der Waals surface area (Å²) in [5.74, 6) is 0.133. The van der Waals surface area contributed by atoms with Crippen LogP contribution < -0.4 is 10.6 Å². The minimum absolute atomic E-state index is 0.133. The zero-order valence-electron chi connectivity index (χ0n) is 12.6. The topological polar surface area (TPSA) is 87.1 Å². The van der Waals surface area contributed by atoms with Crippen LogP contribution in [0.2, 0.25) is 0 Å². The van der Waals surface area contributed by atoms with Crippen LogP contribution in [0, 0.1) is 0 Å². The molecule has 1 aromatic heterocycles. The molecule has 6 nitrogen and oxygen atoms in total. The first-order valence-corrected chi connectivity index (χ1v) is 6.97. The van der Waals surface area contributed by atoms with Gasteiger partial charge in [0.1, 0.15) is 0 Å². The Morgan fingerprint density at radius 3 is 2.62 bits per heavy atom. The Labute approximate surface area is 135 Å². The normalized spacial score (nSPS) is 12.5. The van der Waals surface area contributed by atoms with Gasteiger partial charge in [0.05, 0.1) is 36.3 Å². The van der Waals surface area contributed by atoms with Crippen molar-refractivity contribution in [1.29, 1.82) is 0 Å². The summed E-state index contributed by atoms with van der Waals surface area (Å²) in [6.07, 6.45) is -1.94. The van der Waals surface area contributed by atoms with Crippen molar-refractivity contribution in [2.45, 2.75) is 19.1 Å². The molecule has 2 rings (SSSR count). The number of nitrogens with zero attached hydrogens (tertiary/aromatic N) is 2. The lowest BCUT2D eigenvalue weighted by molar-refractivity contribution is -0.137. The molecule has 1 aromatic carbocycles. The third-order valence-corrected chi connectivity index (χ3v) is 3.03. The van der Waals surface area contributed by atoms with E-state index in [2.05, 4.69) is 20.6 Å². The Balaban J connectivity index is 2.11. The maximum atomic E-state index is 12.7. The fraction of sp³-hybridized carbons (Fsp3) is 0.267. The van der Waals surface area contributed by atoms with Crippen molar-refractivity contribution in [2.75, 3.05) is 11.9 Å². The van der Waals surface area contributed by atoms with E-state index >= 15 is 0 Å². The van der Waals surface area contributed by atoms with Crippen LogP contribution in [-0.2, 0) is 6.18 Å². The molecule has 2 aromatic rings. The van der Waals surface area contributed by atoms with Gasteiger partial charge in [0.15, 0.2) is 5.82 Å². The number of carbonyl (C=O) groups is 1. The van der Waals surface area contributed by atoms with Gasteiger partial charge >= 0.3 is 12.2 Å². The quantitative estimate of drug-likeness (QED) is 0.799. The van der Waals surface area contributed by atoms with Gasteiger partial charge in [0.25, 0.3) is 0 Å². The fourth-order valence-electron chi connectivity index (χ4n) is 1.82. The predicted octanol–water partition coefficient (Wildman–Crippen LogP) is 2.66. The molecule has 0 aliphatic carbocycles. The van der Waals surface area contributed by atoms with E-state index in [-0.39, 0.29) is 23.7 Å². The van der Waals surface area contributed by atoms with Crippen LogP contribution in [0.4, 0.5) is 23.8 Å². The van der Waals surface area contributed by atoms with Gasteiger partial charge < -0.3 is 10.4 Å². The molecule has 0 saturated heterocycles. The molecule has 3 N–H and O–H groups in total. The van der Waals surface area contributed by atoms with E-state index in [4.69, 9.17) is 5.11 Å². The second-order valence-corrected chi connectivity index (χ2v) is 5.05. The molecule has 1 atom stereocenters. The number of aliphatic hydroxyl groups is 1. The Bertz CT molecular complexity index is 705. The van der Waals surface area contributed by atoms with E-state index < -0.39 is 23.8 Å². The lowest BCUT2D eigenvalue weighted by Gasteiger charge is -2.11. The van der Waals surface area contributed by atoms with Crippen LogP contribution in [0.15, 0.2) is 36.7 Å². The number of amides is 2. The van der Waals surface area contributed by atoms with Crippen LogP contribution in [0.5, 0.6) is 0 Å². The Morgan fingerprint density at radius 1 is 1.29 bits per heavy atom. The van der Waals surface area contributed by atoms with Crippen LogP contribution in [0.25, 0.3) is 11.3 Å². The highest BCUT2D eigenvalue weighted by atomic mass is 19.4. The van der Waals surface area contributed by atoms with Crippen molar-refractivity contribution >= 4 is 11.8 Å². The van der Waals surface area contributed by atoms with Crippen molar-refractivity contribution in [2.24, 2.45) is 0 Å². The lowest BCUT2D eigenvalue weighted by atomic mass is 10.1. The number of aromatic nitrogens is 2. The van der Waals surface area contributed by atoms with Gasteiger partial charge in [0.2, 0.25) is 0 Å². The summed E-state index contributed by atoms with van der Waals surface area (Å²) in [7, 11) is 0. The summed E-state index contributed by atoms with van der Waals surface area (Å²) in [4.78, 5) is 19.5. The highest BCUT2D eigenvalue weighted by Gasteiger charge is 2.30.